The number of nitrogens with one attached hydrogen (secondary N) is 1. The van der Waals surface area contributed by atoms with Crippen molar-refractivity contribution in [1.29, 1.82) is 0 Å². The number of nitro benzene ring substituents is 1. The van der Waals surface area contributed by atoms with E-state index in [2.05, 4.69) is 10.3 Å². The summed E-state index contributed by atoms with van der Waals surface area (Å²) in [7, 11) is 0. The second-order valence-corrected chi connectivity index (χ2v) is 3.74. The van der Waals surface area contributed by atoms with Crippen LogP contribution in [0.25, 0.3) is 0 Å². The van der Waals surface area contributed by atoms with Gasteiger partial charge < -0.3 is 5.32 Å². The number of amides is 1. The summed E-state index contributed by atoms with van der Waals surface area (Å²) in [6.07, 6.45) is 0.986. The lowest BCUT2D eigenvalue weighted by molar-refractivity contribution is -0.384. The second kappa shape index (κ2) is 5.39. The van der Waals surface area contributed by atoms with Crippen LogP contribution in [0.2, 0.25) is 0 Å². The number of rotatable bonds is 3. The largest absolute Gasteiger partial charge is 0.316 e. The molecule has 20 heavy (non-hydrogen) atoms. The summed E-state index contributed by atoms with van der Waals surface area (Å²) in [6.45, 7) is 0. The molecule has 1 aromatic heterocycles. The molecule has 0 aliphatic rings. The Hall–Kier alpha value is -2.90. The Morgan fingerprint density at radius 3 is 2.60 bits per heavy atom. The van der Waals surface area contributed by atoms with Crippen molar-refractivity contribution >= 4 is 17.3 Å². The van der Waals surface area contributed by atoms with Crippen LogP contribution in [0, 0.1) is 21.9 Å². The van der Waals surface area contributed by atoms with Crippen molar-refractivity contribution < 1.29 is 18.5 Å². The normalized spacial score (nSPS) is 10.1. The summed E-state index contributed by atoms with van der Waals surface area (Å²) in [6, 6.07) is 4.90. The summed E-state index contributed by atoms with van der Waals surface area (Å²) in [5.74, 6) is -2.26. The lowest BCUT2D eigenvalue weighted by atomic mass is 10.2. The smallest absolute Gasteiger partial charge is 0.295 e. The zero-order valence-corrected chi connectivity index (χ0v) is 9.84. The summed E-state index contributed by atoms with van der Waals surface area (Å²) in [4.78, 5) is 25.0. The minimum Gasteiger partial charge on any atom is -0.316 e. The number of benzene rings is 1. The Kier molecular flexibility index (Phi) is 3.65. The monoisotopic (exact) mass is 279 g/mol. The van der Waals surface area contributed by atoms with E-state index in [1.54, 1.807) is 0 Å². The molecule has 1 heterocycles. The third-order valence-electron chi connectivity index (χ3n) is 2.39. The van der Waals surface area contributed by atoms with Crippen molar-refractivity contribution in [3.8, 4) is 0 Å². The maximum atomic E-state index is 12.9. The van der Waals surface area contributed by atoms with Gasteiger partial charge in [0.05, 0.1) is 16.6 Å². The van der Waals surface area contributed by atoms with Gasteiger partial charge in [0.15, 0.2) is 0 Å². The van der Waals surface area contributed by atoms with Gasteiger partial charge in [-0.2, -0.15) is 4.39 Å². The molecule has 0 spiro atoms. The van der Waals surface area contributed by atoms with Crippen LogP contribution in [0.4, 0.5) is 20.2 Å². The molecule has 0 aliphatic heterocycles. The lowest BCUT2D eigenvalue weighted by Crippen LogP contribution is -2.13. The summed E-state index contributed by atoms with van der Waals surface area (Å²) < 4.78 is 25.6. The van der Waals surface area contributed by atoms with E-state index in [-0.39, 0.29) is 11.3 Å². The highest BCUT2D eigenvalue weighted by atomic mass is 19.1. The Morgan fingerprint density at radius 1 is 1.25 bits per heavy atom. The van der Waals surface area contributed by atoms with Gasteiger partial charge in [0.1, 0.15) is 11.5 Å². The van der Waals surface area contributed by atoms with Gasteiger partial charge in [-0.15, -0.1) is 0 Å². The maximum Gasteiger partial charge on any atom is 0.295 e. The van der Waals surface area contributed by atoms with E-state index < -0.39 is 28.3 Å². The van der Waals surface area contributed by atoms with Crippen LogP contribution in [-0.4, -0.2) is 15.8 Å². The minimum atomic E-state index is -0.818. The molecule has 0 saturated heterocycles. The average molecular weight is 279 g/mol. The molecule has 1 amide bonds. The van der Waals surface area contributed by atoms with Gasteiger partial charge in [0.2, 0.25) is 5.95 Å². The van der Waals surface area contributed by atoms with Crippen molar-refractivity contribution in [3.63, 3.8) is 0 Å². The van der Waals surface area contributed by atoms with Crippen LogP contribution in [0.1, 0.15) is 10.4 Å². The number of hydrogen-bond acceptors (Lipinski definition) is 4. The van der Waals surface area contributed by atoms with Crippen molar-refractivity contribution in [1.82, 2.24) is 4.98 Å². The van der Waals surface area contributed by atoms with Gasteiger partial charge >= 0.3 is 0 Å². The first-order valence-electron chi connectivity index (χ1n) is 5.34. The zero-order chi connectivity index (χ0) is 14.7. The van der Waals surface area contributed by atoms with Gasteiger partial charge in [-0.25, -0.2) is 9.37 Å². The quantitative estimate of drug-likeness (QED) is 0.531. The van der Waals surface area contributed by atoms with Crippen molar-refractivity contribution in [2.45, 2.75) is 0 Å². The Labute approximate surface area is 111 Å². The molecule has 0 radical (unpaired) electrons. The summed E-state index contributed by atoms with van der Waals surface area (Å²) >= 11 is 0. The molecule has 102 valence electrons. The van der Waals surface area contributed by atoms with E-state index in [4.69, 9.17) is 0 Å². The van der Waals surface area contributed by atoms with Gasteiger partial charge in [0.25, 0.3) is 11.6 Å². The molecule has 0 saturated carbocycles. The van der Waals surface area contributed by atoms with Crippen LogP contribution < -0.4 is 5.32 Å². The first-order valence-corrected chi connectivity index (χ1v) is 5.34. The van der Waals surface area contributed by atoms with E-state index in [1.807, 2.05) is 0 Å². The molecule has 0 aliphatic carbocycles. The zero-order valence-electron chi connectivity index (χ0n) is 9.84. The second-order valence-electron chi connectivity index (χ2n) is 3.74. The molecule has 0 bridgehead atoms. The van der Waals surface area contributed by atoms with Crippen molar-refractivity contribution in [2.75, 3.05) is 5.32 Å². The van der Waals surface area contributed by atoms with E-state index in [9.17, 15) is 23.7 Å². The molecule has 0 fully saturated rings. The molecule has 1 N–H and O–H groups in total. The molecular weight excluding hydrogens is 272 g/mol. The van der Waals surface area contributed by atoms with Crippen LogP contribution >= 0.6 is 0 Å². The van der Waals surface area contributed by atoms with Gasteiger partial charge in [-0.3, -0.25) is 14.9 Å². The van der Waals surface area contributed by atoms with Crippen LogP contribution in [0.15, 0.2) is 36.5 Å². The number of carbonyl (C=O) groups is 1. The molecule has 2 aromatic rings. The van der Waals surface area contributed by atoms with E-state index >= 15 is 0 Å². The molecule has 1 aromatic carbocycles. The third kappa shape index (κ3) is 2.91. The molecule has 6 nitrogen and oxygen atoms in total. The highest BCUT2D eigenvalue weighted by molar-refractivity contribution is 6.05. The van der Waals surface area contributed by atoms with E-state index in [1.165, 1.54) is 6.07 Å². The molecule has 8 heteroatoms. The van der Waals surface area contributed by atoms with Gasteiger partial charge in [-0.1, -0.05) is 0 Å². The summed E-state index contributed by atoms with van der Waals surface area (Å²) in [5, 5.41) is 13.0. The average Bonchev–Trinajstić information content (AvgIpc) is 2.41. The fourth-order valence-corrected chi connectivity index (χ4v) is 1.47. The highest BCUT2D eigenvalue weighted by Gasteiger charge is 2.17. The molecule has 0 unspecified atom stereocenters. The van der Waals surface area contributed by atoms with Crippen LogP contribution in [-0.2, 0) is 0 Å². The Morgan fingerprint density at radius 2 is 2.00 bits per heavy atom. The molecular formula is C12H7F2N3O3. The number of nitro groups is 1. The highest BCUT2D eigenvalue weighted by Crippen LogP contribution is 2.25. The summed E-state index contributed by atoms with van der Waals surface area (Å²) in [5.41, 5.74) is -0.718. The number of pyridine rings is 1. The fraction of sp³-hybridized carbons (Fsp3) is 0. The first kappa shape index (κ1) is 13.5. The van der Waals surface area contributed by atoms with Crippen LogP contribution in [0.5, 0.6) is 0 Å². The SMILES string of the molecule is O=C(Nc1ccc(F)cc1[N+](=O)[O-])c1ccc(F)nc1. The minimum absolute atomic E-state index is 0.0185. The third-order valence-corrected chi connectivity index (χ3v) is 2.39. The van der Waals surface area contributed by atoms with E-state index in [0.29, 0.717) is 6.07 Å². The maximum absolute atomic E-state index is 12.9. The predicted molar refractivity (Wildman–Crippen MR) is 65.2 cm³/mol. The number of aromatic nitrogens is 1. The van der Waals surface area contributed by atoms with Gasteiger partial charge in [0, 0.05) is 6.20 Å². The predicted octanol–water partition coefficient (Wildman–Crippen LogP) is 2.52. The Bertz CT molecular complexity index is 674. The first-order chi connectivity index (χ1) is 9.47. The number of halogens is 2. The number of nitrogens with zero attached hydrogens (tertiary/aromatic N) is 2. The lowest BCUT2D eigenvalue weighted by Gasteiger charge is -2.05. The topological polar surface area (TPSA) is 85.1 Å². The standard InChI is InChI=1S/C12H7F2N3O3/c13-8-2-3-9(10(5-8)17(19)20)16-12(18)7-1-4-11(14)15-6-7/h1-6H,(H,16,18). The number of carbonyl (C=O) groups excluding carboxylic acids is 1. The van der Waals surface area contributed by atoms with Crippen molar-refractivity contribution in [2.24, 2.45) is 0 Å². The number of anilines is 1. The Balaban J connectivity index is 2.28. The van der Waals surface area contributed by atoms with Crippen molar-refractivity contribution in [3.05, 3.63) is 64.0 Å². The van der Waals surface area contributed by atoms with Crippen LogP contribution in [0.3, 0.4) is 0 Å². The fourth-order valence-electron chi connectivity index (χ4n) is 1.47. The van der Waals surface area contributed by atoms with Gasteiger partial charge in [-0.05, 0) is 24.3 Å². The van der Waals surface area contributed by atoms with E-state index in [0.717, 1.165) is 24.4 Å². The molecule has 0 atom stereocenters. The molecule has 2 rings (SSSR count). The number of hydrogen-bond donors (Lipinski definition) is 1.